The van der Waals surface area contributed by atoms with Crippen molar-refractivity contribution < 1.29 is 13.2 Å². The van der Waals surface area contributed by atoms with Gasteiger partial charge in [-0.25, -0.2) is 18.4 Å². The number of sulfone groups is 1. The highest BCUT2D eigenvalue weighted by Gasteiger charge is 2.25. The van der Waals surface area contributed by atoms with Gasteiger partial charge in [-0.2, -0.15) is 0 Å². The summed E-state index contributed by atoms with van der Waals surface area (Å²) in [6.45, 7) is 2.49. The van der Waals surface area contributed by atoms with Crippen LogP contribution < -0.4 is 0 Å². The van der Waals surface area contributed by atoms with Gasteiger partial charge in [-0.15, -0.1) is 0 Å². The molecule has 184 valence electrons. The Morgan fingerprint density at radius 1 is 0.944 bits per heavy atom. The van der Waals surface area contributed by atoms with Crippen molar-refractivity contribution in [3.05, 3.63) is 87.6 Å². The van der Waals surface area contributed by atoms with Crippen LogP contribution in [0.3, 0.4) is 0 Å². The van der Waals surface area contributed by atoms with E-state index in [9.17, 15) is 8.42 Å². The van der Waals surface area contributed by atoms with Gasteiger partial charge in [0.05, 0.1) is 37.8 Å². The van der Waals surface area contributed by atoms with Crippen LogP contribution in [0.5, 0.6) is 0 Å². The minimum Gasteiger partial charge on any atom is -0.471 e. The minimum atomic E-state index is -3.34. The highest BCUT2D eigenvalue weighted by atomic mass is 35.5. The molecule has 10 heteroatoms. The average Bonchev–Trinajstić information content (AvgIpc) is 3.45. The first kappa shape index (κ1) is 24.8. The van der Waals surface area contributed by atoms with Crippen molar-refractivity contribution in [3.8, 4) is 28.2 Å². The monoisotopic (exact) mass is 559 g/mol. The second-order valence-corrected chi connectivity index (χ2v) is 11.7. The van der Waals surface area contributed by atoms with Gasteiger partial charge in [0.1, 0.15) is 17.6 Å². The summed E-state index contributed by atoms with van der Waals surface area (Å²) >= 11 is 19.8. The second kappa shape index (κ2) is 9.56. The van der Waals surface area contributed by atoms with Crippen LogP contribution in [0, 0.1) is 0 Å². The molecule has 1 atom stereocenters. The van der Waals surface area contributed by atoms with Crippen LogP contribution in [0.4, 0.5) is 0 Å². The summed E-state index contributed by atoms with van der Waals surface area (Å²) in [4.78, 5) is 9.45. The molecule has 1 aliphatic rings. The molecular weight excluding hydrogens is 541 g/mol. The molecule has 0 radical (unpaired) electrons. The highest BCUT2D eigenvalue weighted by Crippen LogP contribution is 2.38. The molecule has 0 spiro atoms. The summed E-state index contributed by atoms with van der Waals surface area (Å²) in [6, 6.07) is 17.5. The fourth-order valence-corrected chi connectivity index (χ4v) is 5.47. The molecule has 6 nitrogen and oxygen atoms in total. The maximum Gasteiger partial charge on any atom is 0.237 e. The summed E-state index contributed by atoms with van der Waals surface area (Å²) in [5, 5.41) is 1.30. The molecule has 2 heterocycles. The van der Waals surface area contributed by atoms with Gasteiger partial charge in [-0.3, -0.25) is 4.57 Å². The third-order valence-electron chi connectivity index (χ3n) is 5.72. The van der Waals surface area contributed by atoms with E-state index in [-0.39, 0.29) is 11.0 Å². The van der Waals surface area contributed by atoms with Crippen LogP contribution >= 0.6 is 34.8 Å². The number of nitrogens with zero attached hydrogens (tertiary/aromatic N) is 3. The van der Waals surface area contributed by atoms with Gasteiger partial charge in [0.2, 0.25) is 5.90 Å². The van der Waals surface area contributed by atoms with Gasteiger partial charge in [0, 0.05) is 12.5 Å². The van der Waals surface area contributed by atoms with Gasteiger partial charge in [-0.1, -0.05) is 59.1 Å². The van der Waals surface area contributed by atoms with Gasteiger partial charge in [0.25, 0.3) is 0 Å². The molecule has 0 saturated heterocycles. The third kappa shape index (κ3) is 4.76. The van der Waals surface area contributed by atoms with Gasteiger partial charge < -0.3 is 4.74 Å². The maximum atomic E-state index is 12.0. The van der Waals surface area contributed by atoms with E-state index in [1.165, 1.54) is 6.26 Å². The fourth-order valence-electron chi connectivity index (χ4n) is 3.96. The van der Waals surface area contributed by atoms with Crippen molar-refractivity contribution in [2.45, 2.75) is 17.9 Å². The summed E-state index contributed by atoms with van der Waals surface area (Å²) < 4.78 is 31.6. The van der Waals surface area contributed by atoms with Crippen LogP contribution in [0.2, 0.25) is 15.1 Å². The molecule has 0 amide bonds. The number of aromatic nitrogens is 2. The molecule has 1 aliphatic heterocycles. The third-order valence-corrected chi connectivity index (χ3v) is 7.76. The van der Waals surface area contributed by atoms with Crippen molar-refractivity contribution in [3.63, 3.8) is 0 Å². The summed E-state index contributed by atoms with van der Waals surface area (Å²) in [7, 11) is -3.34. The van der Waals surface area contributed by atoms with Crippen molar-refractivity contribution in [2.75, 3.05) is 12.8 Å². The number of hydrogen-bond acceptors (Lipinski definition) is 5. The lowest BCUT2D eigenvalue weighted by molar-refractivity contribution is 0.246. The van der Waals surface area contributed by atoms with Gasteiger partial charge in [-0.05, 0) is 54.4 Å². The Kier molecular flexibility index (Phi) is 6.59. The highest BCUT2D eigenvalue weighted by molar-refractivity contribution is 7.90. The predicted molar refractivity (Wildman–Crippen MR) is 145 cm³/mol. The van der Waals surface area contributed by atoms with E-state index in [1.807, 2.05) is 25.1 Å². The number of imidazole rings is 1. The maximum absolute atomic E-state index is 12.0. The van der Waals surface area contributed by atoms with E-state index >= 15 is 0 Å². The summed E-state index contributed by atoms with van der Waals surface area (Å²) in [6.07, 6.45) is 2.93. The molecule has 36 heavy (non-hydrogen) atoms. The van der Waals surface area contributed by atoms with Crippen LogP contribution in [-0.2, 0) is 14.6 Å². The lowest BCUT2D eigenvalue weighted by Gasteiger charge is -2.13. The van der Waals surface area contributed by atoms with Crippen LogP contribution in [0.25, 0.3) is 28.2 Å². The van der Waals surface area contributed by atoms with Gasteiger partial charge >= 0.3 is 0 Å². The molecule has 0 bridgehead atoms. The Morgan fingerprint density at radius 3 is 2.28 bits per heavy atom. The van der Waals surface area contributed by atoms with Crippen molar-refractivity contribution >= 4 is 50.5 Å². The lowest BCUT2D eigenvalue weighted by atomic mass is 10.1. The Labute approximate surface area is 224 Å². The van der Waals surface area contributed by atoms with Crippen LogP contribution in [0.1, 0.15) is 12.6 Å². The zero-order valence-corrected chi connectivity index (χ0v) is 22.3. The smallest absolute Gasteiger partial charge is 0.237 e. The molecule has 4 aromatic rings. The first-order valence-corrected chi connectivity index (χ1v) is 14.0. The number of benzene rings is 3. The fraction of sp³-hybridized carbons (Fsp3) is 0.154. The molecule has 0 aliphatic carbocycles. The minimum absolute atomic E-state index is 0.0388. The quantitative estimate of drug-likeness (QED) is 0.271. The molecule has 3 aromatic carbocycles. The molecule has 0 fully saturated rings. The number of hydrogen-bond donors (Lipinski definition) is 0. The van der Waals surface area contributed by atoms with E-state index in [1.54, 1.807) is 53.2 Å². The number of rotatable bonds is 5. The zero-order chi connectivity index (χ0) is 25.6. The van der Waals surface area contributed by atoms with Crippen LogP contribution in [0.15, 0.2) is 76.7 Å². The van der Waals surface area contributed by atoms with Gasteiger partial charge in [0.15, 0.2) is 9.84 Å². The first-order valence-electron chi connectivity index (χ1n) is 11.0. The molecule has 5 rings (SSSR count). The van der Waals surface area contributed by atoms with E-state index in [4.69, 9.17) is 44.5 Å². The van der Waals surface area contributed by atoms with E-state index in [0.717, 1.165) is 11.1 Å². The summed E-state index contributed by atoms with van der Waals surface area (Å²) in [5.41, 5.74) is 3.22. The molecule has 1 aromatic heterocycles. The van der Waals surface area contributed by atoms with E-state index < -0.39 is 9.84 Å². The second-order valence-electron chi connectivity index (χ2n) is 8.46. The van der Waals surface area contributed by atoms with E-state index in [0.29, 0.717) is 50.3 Å². The largest absolute Gasteiger partial charge is 0.471 e. The topological polar surface area (TPSA) is 73.5 Å². The number of aliphatic imine (C=N–C) groups is 1. The zero-order valence-electron chi connectivity index (χ0n) is 19.2. The SMILES string of the molecule is CC1CN=C(c2cn(-c3ccc(-c4cccc(S(C)(=O)=O)c4)cc3Cl)c(-c3c(Cl)cccc3Cl)n2)O1. The summed E-state index contributed by atoms with van der Waals surface area (Å²) in [5.74, 6) is 0.927. The molecule has 1 unspecified atom stereocenters. The Hall–Kier alpha value is -2.84. The van der Waals surface area contributed by atoms with Crippen molar-refractivity contribution in [1.29, 1.82) is 0 Å². The van der Waals surface area contributed by atoms with Crippen molar-refractivity contribution in [1.82, 2.24) is 9.55 Å². The number of ether oxygens (including phenoxy) is 1. The average molecular weight is 561 g/mol. The molecule has 0 saturated carbocycles. The van der Waals surface area contributed by atoms with Crippen molar-refractivity contribution in [2.24, 2.45) is 4.99 Å². The standard InChI is InChI=1S/C26H20Cl3N3O3S/c1-15-13-30-26(35-15)22-14-32(25(31-22)24-19(27)7-4-8-20(24)28)23-10-9-17(12-21(23)29)16-5-3-6-18(11-16)36(2,33)34/h3-12,14-15H,13H2,1-2H3. The lowest BCUT2D eigenvalue weighted by Crippen LogP contribution is -2.08. The first-order chi connectivity index (χ1) is 17.1. The normalized spacial score (nSPS) is 15.6. The Balaban J connectivity index is 1.64. The molecule has 0 N–H and O–H groups in total. The molecular formula is C26H20Cl3N3O3S. The predicted octanol–water partition coefficient (Wildman–Crippen LogP) is 6.74. The van der Waals surface area contributed by atoms with E-state index in [2.05, 4.69) is 4.99 Å². The Bertz CT molecular complexity index is 1610. The van der Waals surface area contributed by atoms with Crippen LogP contribution in [-0.4, -0.2) is 42.8 Å². The number of halogens is 3. The Morgan fingerprint density at radius 2 is 1.64 bits per heavy atom.